The Morgan fingerprint density at radius 2 is 0.681 bits per heavy atom. The molecule has 0 saturated heterocycles. The molecule has 1 amide bonds. The van der Waals surface area contributed by atoms with Crippen LogP contribution in [0.3, 0.4) is 0 Å². The minimum Gasteiger partial charge on any atom is -0.466 e. The molecule has 0 aromatic heterocycles. The maximum Gasteiger partial charge on any atom is 0.305 e. The first-order chi connectivity index (χ1) is 34.0. The van der Waals surface area contributed by atoms with Crippen molar-refractivity contribution in [1.82, 2.24) is 5.32 Å². The molecule has 2 unspecified atom stereocenters. The number of allylic oxidation sites excluding steroid dienone is 2. The van der Waals surface area contributed by atoms with E-state index < -0.39 is 12.1 Å². The highest BCUT2D eigenvalue weighted by Gasteiger charge is 2.20. The van der Waals surface area contributed by atoms with Crippen LogP contribution in [0.25, 0.3) is 0 Å². The van der Waals surface area contributed by atoms with E-state index in [-0.39, 0.29) is 18.5 Å². The van der Waals surface area contributed by atoms with Gasteiger partial charge >= 0.3 is 5.97 Å². The van der Waals surface area contributed by atoms with Gasteiger partial charge < -0.3 is 20.3 Å². The molecule has 0 aliphatic rings. The van der Waals surface area contributed by atoms with Crippen LogP contribution in [0, 0.1) is 0 Å². The van der Waals surface area contributed by atoms with Crippen molar-refractivity contribution < 1.29 is 24.5 Å². The first-order valence-corrected chi connectivity index (χ1v) is 31.4. The molecule has 0 spiro atoms. The van der Waals surface area contributed by atoms with Crippen molar-refractivity contribution in [2.24, 2.45) is 0 Å². The van der Waals surface area contributed by atoms with Gasteiger partial charge in [-0.15, -0.1) is 0 Å². The number of carbonyl (C=O) groups excluding carboxylic acids is 2. The second-order valence-corrected chi connectivity index (χ2v) is 21.7. The van der Waals surface area contributed by atoms with Gasteiger partial charge in [-0.1, -0.05) is 302 Å². The quantitative estimate of drug-likeness (QED) is 0.0321. The van der Waals surface area contributed by atoms with Crippen molar-refractivity contribution in [1.29, 1.82) is 0 Å². The van der Waals surface area contributed by atoms with E-state index >= 15 is 0 Å². The Balaban J connectivity index is 3.31. The van der Waals surface area contributed by atoms with Crippen molar-refractivity contribution in [3.63, 3.8) is 0 Å². The number of amides is 1. The third kappa shape index (κ3) is 55.8. The molecule has 2 atom stereocenters. The van der Waals surface area contributed by atoms with E-state index in [9.17, 15) is 19.8 Å². The minimum absolute atomic E-state index is 0.0107. The average molecular weight is 975 g/mol. The van der Waals surface area contributed by atoms with Crippen LogP contribution in [0.4, 0.5) is 0 Å². The van der Waals surface area contributed by atoms with Crippen LogP contribution in [0.15, 0.2) is 12.2 Å². The van der Waals surface area contributed by atoms with Crippen molar-refractivity contribution in [3.05, 3.63) is 12.2 Å². The van der Waals surface area contributed by atoms with Gasteiger partial charge in [0.05, 0.1) is 25.4 Å². The number of hydrogen-bond acceptors (Lipinski definition) is 5. The smallest absolute Gasteiger partial charge is 0.305 e. The van der Waals surface area contributed by atoms with Gasteiger partial charge in [0, 0.05) is 12.8 Å². The van der Waals surface area contributed by atoms with Gasteiger partial charge in [0.25, 0.3) is 0 Å². The zero-order valence-electron chi connectivity index (χ0n) is 46.8. The summed E-state index contributed by atoms with van der Waals surface area (Å²) in [5.74, 6) is -0.0213. The number of aliphatic hydroxyl groups is 2. The van der Waals surface area contributed by atoms with E-state index in [1.807, 2.05) is 0 Å². The van der Waals surface area contributed by atoms with Gasteiger partial charge in [0.1, 0.15) is 0 Å². The molecule has 3 N–H and O–H groups in total. The van der Waals surface area contributed by atoms with Gasteiger partial charge in [0.15, 0.2) is 0 Å². The Bertz CT molecular complexity index is 1030. The number of carbonyl (C=O) groups is 2. The fraction of sp³-hybridized carbons (Fsp3) is 0.937. The Hall–Kier alpha value is -1.40. The molecule has 410 valence electrons. The predicted molar refractivity (Wildman–Crippen MR) is 301 cm³/mol. The van der Waals surface area contributed by atoms with E-state index in [0.717, 1.165) is 44.9 Å². The fourth-order valence-electron chi connectivity index (χ4n) is 9.99. The SMILES string of the molecule is CCCCCCC/C=C\CCCCCCCC(=O)OCCCCCCCCCCCCCCCCCCCCCCCCCCCCCCC(=O)NC(CO)C(O)CCCCCCCCCCCC. The topological polar surface area (TPSA) is 95.9 Å². The molecule has 0 aromatic rings. The Kier molecular flexibility index (Phi) is 58.0. The lowest BCUT2D eigenvalue weighted by molar-refractivity contribution is -0.143. The van der Waals surface area contributed by atoms with E-state index in [4.69, 9.17) is 4.74 Å². The van der Waals surface area contributed by atoms with Crippen LogP contribution in [0.1, 0.15) is 354 Å². The Morgan fingerprint density at radius 1 is 0.391 bits per heavy atom. The molecule has 0 fully saturated rings. The van der Waals surface area contributed by atoms with E-state index in [2.05, 4.69) is 31.3 Å². The van der Waals surface area contributed by atoms with Crippen LogP contribution in [-0.2, 0) is 14.3 Å². The molecule has 0 rings (SSSR count). The van der Waals surface area contributed by atoms with Gasteiger partial charge in [-0.25, -0.2) is 0 Å². The number of nitrogens with one attached hydrogen (secondary N) is 1. The summed E-state index contributed by atoms with van der Waals surface area (Å²) in [6.45, 7) is 4.95. The van der Waals surface area contributed by atoms with Crippen LogP contribution in [-0.4, -0.2) is 47.4 Å². The van der Waals surface area contributed by atoms with Gasteiger partial charge in [-0.3, -0.25) is 9.59 Å². The minimum atomic E-state index is -0.659. The highest BCUT2D eigenvalue weighted by molar-refractivity contribution is 5.76. The molecule has 0 radical (unpaired) electrons. The first kappa shape index (κ1) is 67.6. The molecule has 0 aliphatic carbocycles. The Morgan fingerprint density at radius 3 is 1.03 bits per heavy atom. The normalized spacial score (nSPS) is 12.6. The number of aliphatic hydroxyl groups excluding tert-OH is 2. The number of ether oxygens (including phenoxy) is 1. The van der Waals surface area contributed by atoms with Crippen molar-refractivity contribution in [3.8, 4) is 0 Å². The second kappa shape index (κ2) is 59.2. The standard InChI is InChI=1S/C63H123NO5/c1-3-5-7-9-11-13-15-16-34-37-41-45-49-53-57-63(68)69-58-54-50-46-42-38-35-32-30-28-26-24-22-20-18-17-19-21-23-25-27-29-31-33-36-40-44-48-52-56-62(67)64-60(59-65)61(66)55-51-47-43-39-14-12-10-8-6-4-2/h15-16,60-61,65-66H,3-14,17-59H2,1-2H3,(H,64,67)/b16-15-. The van der Waals surface area contributed by atoms with Crippen molar-refractivity contribution >= 4 is 11.9 Å². The summed E-state index contributed by atoms with van der Waals surface area (Å²) in [4.78, 5) is 24.5. The lowest BCUT2D eigenvalue weighted by Gasteiger charge is -2.22. The molecular formula is C63H123NO5. The number of esters is 1. The molecule has 0 heterocycles. The van der Waals surface area contributed by atoms with Crippen molar-refractivity contribution in [2.45, 2.75) is 366 Å². The molecule has 0 saturated carbocycles. The third-order valence-corrected chi connectivity index (χ3v) is 14.8. The number of hydrogen-bond donors (Lipinski definition) is 3. The summed E-state index contributed by atoms with van der Waals surface area (Å²) >= 11 is 0. The second-order valence-electron chi connectivity index (χ2n) is 21.7. The van der Waals surface area contributed by atoms with Gasteiger partial charge in [0.2, 0.25) is 5.91 Å². The maximum atomic E-state index is 12.4. The lowest BCUT2D eigenvalue weighted by atomic mass is 10.0. The van der Waals surface area contributed by atoms with Crippen molar-refractivity contribution in [2.75, 3.05) is 13.2 Å². The van der Waals surface area contributed by atoms with E-state index in [1.54, 1.807) is 0 Å². The van der Waals surface area contributed by atoms with Gasteiger partial charge in [-0.05, 0) is 51.4 Å². The van der Waals surface area contributed by atoms with Gasteiger partial charge in [-0.2, -0.15) is 0 Å². The molecular weight excluding hydrogens is 851 g/mol. The summed E-state index contributed by atoms with van der Waals surface area (Å²) < 4.78 is 5.48. The molecule has 6 heteroatoms. The number of rotatable bonds is 59. The summed E-state index contributed by atoms with van der Waals surface area (Å²) in [5.41, 5.74) is 0. The third-order valence-electron chi connectivity index (χ3n) is 14.8. The zero-order valence-corrected chi connectivity index (χ0v) is 46.8. The number of unbranched alkanes of at least 4 members (excludes halogenated alkanes) is 46. The highest BCUT2D eigenvalue weighted by atomic mass is 16.5. The van der Waals surface area contributed by atoms with E-state index in [1.165, 1.54) is 276 Å². The fourth-order valence-corrected chi connectivity index (χ4v) is 9.99. The maximum absolute atomic E-state index is 12.4. The monoisotopic (exact) mass is 974 g/mol. The Labute approximate surface area is 431 Å². The largest absolute Gasteiger partial charge is 0.466 e. The highest BCUT2D eigenvalue weighted by Crippen LogP contribution is 2.18. The van der Waals surface area contributed by atoms with Crippen LogP contribution >= 0.6 is 0 Å². The van der Waals surface area contributed by atoms with E-state index in [0.29, 0.717) is 25.9 Å². The average Bonchev–Trinajstić information content (AvgIpc) is 3.35. The molecule has 0 bridgehead atoms. The zero-order chi connectivity index (χ0) is 50.0. The molecule has 0 aromatic carbocycles. The summed E-state index contributed by atoms with van der Waals surface area (Å²) in [5, 5.41) is 23.2. The summed E-state index contributed by atoms with van der Waals surface area (Å²) in [7, 11) is 0. The summed E-state index contributed by atoms with van der Waals surface area (Å²) in [6, 6.07) is -0.536. The predicted octanol–water partition coefficient (Wildman–Crippen LogP) is 19.6. The van der Waals surface area contributed by atoms with Crippen LogP contribution in [0.2, 0.25) is 0 Å². The molecule has 6 nitrogen and oxygen atoms in total. The first-order valence-electron chi connectivity index (χ1n) is 31.4. The lowest BCUT2D eigenvalue weighted by Crippen LogP contribution is -2.45. The molecule has 69 heavy (non-hydrogen) atoms. The summed E-state index contributed by atoms with van der Waals surface area (Å²) in [6.07, 6.45) is 71.0. The van der Waals surface area contributed by atoms with Crippen LogP contribution in [0.5, 0.6) is 0 Å². The molecule has 0 aliphatic heterocycles. The van der Waals surface area contributed by atoms with Crippen LogP contribution < -0.4 is 5.32 Å².